The Kier molecular flexibility index (Phi) is 6.99. The molecule has 0 bridgehead atoms. The summed E-state index contributed by atoms with van der Waals surface area (Å²) in [6.07, 6.45) is -2.70. The molecule has 1 N–H and O–H groups in total. The van der Waals surface area contributed by atoms with Crippen LogP contribution in [-0.2, 0) is 6.42 Å². The molecule has 1 nitrogen and oxygen atoms in total. The van der Waals surface area contributed by atoms with Gasteiger partial charge in [0, 0.05) is 12.5 Å². The molecule has 1 atom stereocenters. The van der Waals surface area contributed by atoms with E-state index in [2.05, 4.69) is 5.32 Å². The molecule has 0 aliphatic carbocycles. The standard InChI is InChI=1S/C15H21F4N/c1-2-10-20-14(4-3-9-15(17,18)19)11-12-5-7-13(16)8-6-12/h5-8,14,20H,2-4,9-11H2,1H3. The second-order valence-electron chi connectivity index (χ2n) is 4.99. The highest BCUT2D eigenvalue weighted by Crippen LogP contribution is 2.23. The molecule has 114 valence electrons. The summed E-state index contributed by atoms with van der Waals surface area (Å²) < 4.78 is 49.3. The lowest BCUT2D eigenvalue weighted by Gasteiger charge is -2.19. The van der Waals surface area contributed by atoms with Crippen LogP contribution in [0.3, 0.4) is 0 Å². The van der Waals surface area contributed by atoms with Crippen molar-refractivity contribution in [1.82, 2.24) is 5.32 Å². The minimum atomic E-state index is -4.09. The van der Waals surface area contributed by atoms with Crippen LogP contribution in [0.4, 0.5) is 17.6 Å². The molecule has 0 saturated carbocycles. The third kappa shape index (κ3) is 7.48. The lowest BCUT2D eigenvalue weighted by atomic mass is 10.0. The molecule has 0 amide bonds. The van der Waals surface area contributed by atoms with Crippen LogP contribution in [0, 0.1) is 5.82 Å². The Morgan fingerprint density at radius 1 is 1.15 bits per heavy atom. The van der Waals surface area contributed by atoms with Gasteiger partial charge in [0.2, 0.25) is 0 Å². The number of halogens is 4. The zero-order valence-corrected chi connectivity index (χ0v) is 11.6. The fourth-order valence-corrected chi connectivity index (χ4v) is 2.08. The first kappa shape index (κ1) is 17.0. The normalized spacial score (nSPS) is 13.4. The van der Waals surface area contributed by atoms with E-state index in [1.807, 2.05) is 6.92 Å². The van der Waals surface area contributed by atoms with E-state index in [0.29, 0.717) is 12.8 Å². The summed E-state index contributed by atoms with van der Waals surface area (Å²) in [5.74, 6) is -0.302. The molecular formula is C15H21F4N. The number of hydrogen-bond donors (Lipinski definition) is 1. The van der Waals surface area contributed by atoms with Crippen LogP contribution in [0.25, 0.3) is 0 Å². The minimum absolute atomic E-state index is 0.00256. The largest absolute Gasteiger partial charge is 0.389 e. The zero-order valence-electron chi connectivity index (χ0n) is 11.6. The highest BCUT2D eigenvalue weighted by molar-refractivity contribution is 5.17. The van der Waals surface area contributed by atoms with Crippen LogP contribution in [0.2, 0.25) is 0 Å². The van der Waals surface area contributed by atoms with Crippen molar-refractivity contribution in [2.45, 2.75) is 51.2 Å². The number of alkyl halides is 3. The van der Waals surface area contributed by atoms with Gasteiger partial charge in [-0.1, -0.05) is 19.1 Å². The molecule has 0 heterocycles. The molecule has 20 heavy (non-hydrogen) atoms. The minimum Gasteiger partial charge on any atom is -0.314 e. The summed E-state index contributed by atoms with van der Waals surface area (Å²) in [6, 6.07) is 6.12. The van der Waals surface area contributed by atoms with Gasteiger partial charge < -0.3 is 5.32 Å². The second kappa shape index (κ2) is 8.25. The Bertz CT molecular complexity index is 372. The molecule has 1 rings (SSSR count). The molecular weight excluding hydrogens is 270 g/mol. The molecule has 1 aromatic carbocycles. The molecule has 0 spiro atoms. The van der Waals surface area contributed by atoms with Crippen LogP contribution in [-0.4, -0.2) is 18.8 Å². The summed E-state index contributed by atoms with van der Waals surface area (Å²) in [4.78, 5) is 0. The van der Waals surface area contributed by atoms with Gasteiger partial charge in [0.15, 0.2) is 0 Å². The Balaban J connectivity index is 2.48. The van der Waals surface area contributed by atoms with Gasteiger partial charge in [0.05, 0.1) is 0 Å². The van der Waals surface area contributed by atoms with Crippen LogP contribution < -0.4 is 5.32 Å². The smallest absolute Gasteiger partial charge is 0.314 e. The van der Waals surface area contributed by atoms with Crippen molar-refractivity contribution in [3.05, 3.63) is 35.6 Å². The van der Waals surface area contributed by atoms with Crippen molar-refractivity contribution in [2.75, 3.05) is 6.54 Å². The maximum absolute atomic E-state index is 12.8. The summed E-state index contributed by atoms with van der Waals surface area (Å²) in [7, 11) is 0. The fraction of sp³-hybridized carbons (Fsp3) is 0.600. The van der Waals surface area contributed by atoms with Crippen LogP contribution in [0.15, 0.2) is 24.3 Å². The van der Waals surface area contributed by atoms with Gasteiger partial charge in [-0.05, 0) is 49.9 Å². The fourth-order valence-electron chi connectivity index (χ4n) is 2.08. The second-order valence-corrected chi connectivity index (χ2v) is 4.99. The van der Waals surface area contributed by atoms with Crippen molar-refractivity contribution in [3.63, 3.8) is 0 Å². The number of nitrogens with one attached hydrogen (secondary N) is 1. The third-order valence-electron chi connectivity index (χ3n) is 3.09. The molecule has 0 fully saturated rings. The number of benzene rings is 1. The topological polar surface area (TPSA) is 12.0 Å². The van der Waals surface area contributed by atoms with E-state index >= 15 is 0 Å². The average Bonchev–Trinajstić information content (AvgIpc) is 2.37. The average molecular weight is 291 g/mol. The van der Waals surface area contributed by atoms with Gasteiger partial charge in [-0.2, -0.15) is 13.2 Å². The molecule has 0 saturated heterocycles. The first-order valence-corrected chi connectivity index (χ1v) is 6.95. The van der Waals surface area contributed by atoms with Crippen molar-refractivity contribution < 1.29 is 17.6 Å². The predicted octanol–water partition coefficient (Wildman–Crippen LogP) is 4.47. The molecule has 1 unspecified atom stereocenters. The lowest BCUT2D eigenvalue weighted by Crippen LogP contribution is -2.32. The summed E-state index contributed by atoms with van der Waals surface area (Å²) >= 11 is 0. The monoisotopic (exact) mass is 291 g/mol. The van der Waals surface area contributed by atoms with Gasteiger partial charge in [0.1, 0.15) is 5.82 Å². The van der Waals surface area contributed by atoms with Crippen LogP contribution in [0.5, 0.6) is 0 Å². The van der Waals surface area contributed by atoms with Crippen molar-refractivity contribution in [2.24, 2.45) is 0 Å². The van der Waals surface area contributed by atoms with Crippen molar-refractivity contribution in [3.8, 4) is 0 Å². The van der Waals surface area contributed by atoms with E-state index in [4.69, 9.17) is 0 Å². The zero-order chi connectivity index (χ0) is 15.0. The van der Waals surface area contributed by atoms with E-state index in [-0.39, 0.29) is 18.3 Å². The van der Waals surface area contributed by atoms with Crippen LogP contribution >= 0.6 is 0 Å². The molecule has 1 aromatic rings. The number of hydrogen-bond acceptors (Lipinski definition) is 1. The van der Waals surface area contributed by atoms with E-state index in [1.54, 1.807) is 12.1 Å². The van der Waals surface area contributed by atoms with E-state index in [0.717, 1.165) is 18.5 Å². The summed E-state index contributed by atoms with van der Waals surface area (Å²) in [6.45, 7) is 2.79. The van der Waals surface area contributed by atoms with Gasteiger partial charge >= 0.3 is 6.18 Å². The van der Waals surface area contributed by atoms with Gasteiger partial charge in [0.25, 0.3) is 0 Å². The molecule has 0 aliphatic heterocycles. The highest BCUT2D eigenvalue weighted by Gasteiger charge is 2.26. The maximum atomic E-state index is 12.8. The Morgan fingerprint density at radius 3 is 2.35 bits per heavy atom. The van der Waals surface area contributed by atoms with Gasteiger partial charge in [-0.3, -0.25) is 0 Å². The van der Waals surface area contributed by atoms with Gasteiger partial charge in [-0.25, -0.2) is 4.39 Å². The van der Waals surface area contributed by atoms with Crippen molar-refractivity contribution in [1.29, 1.82) is 0 Å². The summed E-state index contributed by atoms with van der Waals surface area (Å²) in [5, 5.41) is 3.26. The third-order valence-corrected chi connectivity index (χ3v) is 3.09. The molecule has 0 radical (unpaired) electrons. The van der Waals surface area contributed by atoms with E-state index in [9.17, 15) is 17.6 Å². The molecule has 0 aromatic heterocycles. The Morgan fingerprint density at radius 2 is 1.80 bits per heavy atom. The quantitative estimate of drug-likeness (QED) is 0.697. The SMILES string of the molecule is CCCNC(CCCC(F)(F)F)Cc1ccc(F)cc1. The lowest BCUT2D eigenvalue weighted by molar-refractivity contribution is -0.135. The Hall–Kier alpha value is -1.10. The highest BCUT2D eigenvalue weighted by atomic mass is 19.4. The predicted molar refractivity (Wildman–Crippen MR) is 72.1 cm³/mol. The van der Waals surface area contributed by atoms with E-state index in [1.165, 1.54) is 12.1 Å². The first-order chi connectivity index (χ1) is 9.40. The molecule has 5 heteroatoms. The summed E-state index contributed by atoms with van der Waals surface area (Å²) in [5.41, 5.74) is 0.937. The Labute approximate surface area is 117 Å². The molecule has 0 aliphatic rings. The van der Waals surface area contributed by atoms with E-state index < -0.39 is 12.6 Å². The number of rotatable bonds is 8. The maximum Gasteiger partial charge on any atom is 0.389 e. The first-order valence-electron chi connectivity index (χ1n) is 6.95. The van der Waals surface area contributed by atoms with Crippen LogP contribution in [0.1, 0.15) is 38.2 Å². The van der Waals surface area contributed by atoms with Gasteiger partial charge in [-0.15, -0.1) is 0 Å². The van der Waals surface area contributed by atoms with Crippen molar-refractivity contribution >= 4 is 0 Å².